The van der Waals surface area contributed by atoms with Crippen molar-refractivity contribution < 1.29 is 19.0 Å². The van der Waals surface area contributed by atoms with Crippen LogP contribution in [0.4, 0.5) is 0 Å². The highest BCUT2D eigenvalue weighted by Gasteiger charge is 2.24. The highest BCUT2D eigenvalue weighted by molar-refractivity contribution is 7.09. The number of nitrogens with zero attached hydrogens (tertiary/aromatic N) is 1. The lowest BCUT2D eigenvalue weighted by Crippen LogP contribution is -2.37. The third-order valence-electron chi connectivity index (χ3n) is 5.52. The molecule has 0 aliphatic carbocycles. The van der Waals surface area contributed by atoms with E-state index >= 15 is 0 Å². The quantitative estimate of drug-likeness (QED) is 0.425. The Morgan fingerprint density at radius 2 is 2.00 bits per heavy atom. The summed E-state index contributed by atoms with van der Waals surface area (Å²) in [5.74, 6) is 1.47. The Hall–Kier alpha value is -2.83. The van der Waals surface area contributed by atoms with E-state index in [1.165, 1.54) is 4.88 Å². The van der Waals surface area contributed by atoms with E-state index in [1.54, 1.807) is 24.5 Å². The van der Waals surface area contributed by atoms with Crippen molar-refractivity contribution in [3.8, 4) is 11.5 Å². The number of thiophene rings is 1. The van der Waals surface area contributed by atoms with E-state index in [0.29, 0.717) is 31.0 Å². The average molecular weight is 452 g/mol. The van der Waals surface area contributed by atoms with Crippen molar-refractivity contribution in [1.29, 1.82) is 0 Å². The van der Waals surface area contributed by atoms with Crippen LogP contribution in [-0.4, -0.2) is 43.8 Å². The fraction of sp³-hybridized carbons (Fsp3) is 0.346. The molecule has 1 unspecified atom stereocenters. The number of carbonyl (C=O) groups is 1. The summed E-state index contributed by atoms with van der Waals surface area (Å²) in [6, 6.07) is 19.5. The first-order valence-electron chi connectivity index (χ1n) is 11.0. The zero-order chi connectivity index (χ0) is 22.2. The summed E-state index contributed by atoms with van der Waals surface area (Å²) in [5, 5.41) is 2.08. The normalized spacial score (nSPS) is 15.5. The van der Waals surface area contributed by atoms with Crippen LogP contribution in [0.5, 0.6) is 11.5 Å². The SMILES string of the molecule is COc1cccc(C(=O)N(Cc2cccc(OCCc3cccs3)c2)CC2CCCO2)c1. The van der Waals surface area contributed by atoms with Crippen LogP contribution < -0.4 is 9.47 Å². The molecule has 1 fully saturated rings. The van der Waals surface area contributed by atoms with Gasteiger partial charge in [-0.2, -0.15) is 0 Å². The van der Waals surface area contributed by atoms with Gasteiger partial charge in [0.2, 0.25) is 0 Å². The van der Waals surface area contributed by atoms with Gasteiger partial charge in [0.15, 0.2) is 0 Å². The van der Waals surface area contributed by atoms with Crippen LogP contribution in [-0.2, 0) is 17.7 Å². The molecule has 0 N–H and O–H groups in total. The van der Waals surface area contributed by atoms with E-state index < -0.39 is 0 Å². The van der Waals surface area contributed by atoms with Crippen LogP contribution in [0.2, 0.25) is 0 Å². The number of hydrogen-bond acceptors (Lipinski definition) is 5. The van der Waals surface area contributed by atoms with Crippen LogP contribution in [0.25, 0.3) is 0 Å². The fourth-order valence-corrected chi connectivity index (χ4v) is 4.56. The molecule has 2 heterocycles. The van der Waals surface area contributed by atoms with Crippen molar-refractivity contribution in [3.05, 3.63) is 82.0 Å². The predicted octanol–water partition coefficient (Wildman–Crippen LogP) is 5.20. The van der Waals surface area contributed by atoms with E-state index in [9.17, 15) is 4.79 Å². The molecular formula is C26H29NO4S. The minimum absolute atomic E-state index is 0.0246. The molecule has 2 aromatic carbocycles. The lowest BCUT2D eigenvalue weighted by Gasteiger charge is -2.26. The second-order valence-electron chi connectivity index (χ2n) is 7.88. The third kappa shape index (κ3) is 6.11. The molecule has 1 atom stereocenters. The monoisotopic (exact) mass is 451 g/mol. The Kier molecular flexibility index (Phi) is 7.80. The Labute approximate surface area is 193 Å². The summed E-state index contributed by atoms with van der Waals surface area (Å²) in [6.45, 7) is 2.46. The van der Waals surface area contributed by atoms with E-state index in [2.05, 4.69) is 17.5 Å². The molecule has 1 aliphatic rings. The molecule has 1 amide bonds. The Morgan fingerprint density at radius 3 is 2.78 bits per heavy atom. The molecule has 4 rings (SSSR count). The molecule has 3 aromatic rings. The third-order valence-corrected chi connectivity index (χ3v) is 6.46. The van der Waals surface area contributed by atoms with E-state index in [1.807, 2.05) is 47.4 Å². The van der Waals surface area contributed by atoms with Crippen LogP contribution in [0.15, 0.2) is 66.0 Å². The maximum absolute atomic E-state index is 13.4. The molecule has 6 heteroatoms. The first kappa shape index (κ1) is 22.4. The van der Waals surface area contributed by atoms with Gasteiger partial charge in [0, 0.05) is 36.6 Å². The van der Waals surface area contributed by atoms with Crippen molar-refractivity contribution in [2.24, 2.45) is 0 Å². The highest BCUT2D eigenvalue weighted by Crippen LogP contribution is 2.21. The zero-order valence-electron chi connectivity index (χ0n) is 18.4. The first-order chi connectivity index (χ1) is 15.7. The summed E-state index contributed by atoms with van der Waals surface area (Å²) in [4.78, 5) is 16.6. The second kappa shape index (κ2) is 11.2. The molecule has 0 bridgehead atoms. The second-order valence-corrected chi connectivity index (χ2v) is 8.91. The van der Waals surface area contributed by atoms with Gasteiger partial charge in [-0.1, -0.05) is 24.3 Å². The smallest absolute Gasteiger partial charge is 0.254 e. The Balaban J connectivity index is 1.45. The van der Waals surface area contributed by atoms with Gasteiger partial charge in [-0.3, -0.25) is 4.79 Å². The molecule has 0 spiro atoms. The molecule has 168 valence electrons. The van der Waals surface area contributed by atoms with Gasteiger partial charge in [-0.25, -0.2) is 0 Å². The summed E-state index contributed by atoms with van der Waals surface area (Å²) in [7, 11) is 1.61. The van der Waals surface area contributed by atoms with Crippen LogP contribution in [0.1, 0.15) is 33.6 Å². The van der Waals surface area contributed by atoms with Crippen molar-refractivity contribution >= 4 is 17.2 Å². The summed E-state index contributed by atoms with van der Waals surface area (Å²) < 4.78 is 17.1. The van der Waals surface area contributed by atoms with E-state index in [-0.39, 0.29) is 12.0 Å². The number of rotatable bonds is 10. The van der Waals surface area contributed by atoms with Crippen molar-refractivity contribution in [2.45, 2.75) is 31.9 Å². The van der Waals surface area contributed by atoms with Crippen LogP contribution in [0, 0.1) is 0 Å². The lowest BCUT2D eigenvalue weighted by molar-refractivity contribution is 0.0507. The van der Waals surface area contributed by atoms with E-state index in [4.69, 9.17) is 14.2 Å². The maximum Gasteiger partial charge on any atom is 0.254 e. The average Bonchev–Trinajstić information content (AvgIpc) is 3.53. The van der Waals surface area contributed by atoms with Crippen LogP contribution in [0.3, 0.4) is 0 Å². The molecule has 32 heavy (non-hydrogen) atoms. The number of carbonyl (C=O) groups excluding carboxylic acids is 1. The number of benzene rings is 2. The van der Waals surface area contributed by atoms with Crippen LogP contribution >= 0.6 is 11.3 Å². The van der Waals surface area contributed by atoms with Gasteiger partial charge in [-0.05, 0) is 60.2 Å². The minimum Gasteiger partial charge on any atom is -0.497 e. The van der Waals surface area contributed by atoms with Crippen molar-refractivity contribution in [3.63, 3.8) is 0 Å². The molecule has 0 radical (unpaired) electrons. The van der Waals surface area contributed by atoms with Crippen molar-refractivity contribution in [2.75, 3.05) is 26.9 Å². The van der Waals surface area contributed by atoms with E-state index in [0.717, 1.165) is 37.2 Å². The van der Waals surface area contributed by atoms with Gasteiger partial charge in [0.1, 0.15) is 11.5 Å². The molecule has 5 nitrogen and oxygen atoms in total. The maximum atomic E-state index is 13.4. The highest BCUT2D eigenvalue weighted by atomic mass is 32.1. The molecule has 1 aliphatic heterocycles. The number of methoxy groups -OCH3 is 1. The summed E-state index contributed by atoms with van der Waals surface area (Å²) in [6.07, 6.45) is 2.99. The fourth-order valence-electron chi connectivity index (χ4n) is 3.87. The Bertz CT molecular complexity index is 999. The molecule has 1 aromatic heterocycles. The van der Waals surface area contributed by atoms with Gasteiger partial charge in [0.05, 0.1) is 19.8 Å². The van der Waals surface area contributed by atoms with Gasteiger partial charge < -0.3 is 19.1 Å². The molecule has 1 saturated heterocycles. The van der Waals surface area contributed by atoms with Crippen molar-refractivity contribution in [1.82, 2.24) is 4.90 Å². The predicted molar refractivity (Wildman–Crippen MR) is 127 cm³/mol. The number of ether oxygens (including phenoxy) is 3. The first-order valence-corrected chi connectivity index (χ1v) is 11.9. The van der Waals surface area contributed by atoms with Gasteiger partial charge in [0.25, 0.3) is 5.91 Å². The zero-order valence-corrected chi connectivity index (χ0v) is 19.2. The Morgan fingerprint density at radius 1 is 1.12 bits per heavy atom. The minimum atomic E-state index is -0.0246. The van der Waals surface area contributed by atoms with Gasteiger partial charge >= 0.3 is 0 Å². The number of amides is 1. The standard InChI is InChI=1S/C26H29NO4S/c1-29-22-8-3-7-21(17-22)26(28)27(19-24-10-4-13-30-24)18-20-6-2-9-23(16-20)31-14-12-25-11-5-15-32-25/h2-3,5-9,11,15-17,24H,4,10,12-14,18-19H2,1H3. The summed E-state index contributed by atoms with van der Waals surface area (Å²) >= 11 is 1.74. The molecular weight excluding hydrogens is 422 g/mol. The topological polar surface area (TPSA) is 48.0 Å². The number of hydrogen-bond donors (Lipinski definition) is 0. The van der Waals surface area contributed by atoms with Gasteiger partial charge in [-0.15, -0.1) is 11.3 Å². The largest absolute Gasteiger partial charge is 0.497 e. The summed E-state index contributed by atoms with van der Waals surface area (Å²) in [5.41, 5.74) is 1.65. The lowest BCUT2D eigenvalue weighted by atomic mass is 10.1. The molecule has 0 saturated carbocycles.